The van der Waals surface area contributed by atoms with E-state index in [4.69, 9.17) is 0 Å². The Kier molecular flexibility index (Phi) is 5.03. The third-order valence-corrected chi connectivity index (χ3v) is 5.21. The van der Waals surface area contributed by atoms with E-state index < -0.39 is 11.7 Å². The van der Waals surface area contributed by atoms with E-state index in [0.717, 1.165) is 16.5 Å². The Morgan fingerprint density at radius 3 is 2.78 bits per heavy atom. The molecule has 2 aromatic carbocycles. The van der Waals surface area contributed by atoms with Crippen molar-refractivity contribution in [3.8, 4) is 11.3 Å². The van der Waals surface area contributed by atoms with Crippen LogP contribution in [0, 0.1) is 5.82 Å². The number of pyridine rings is 2. The highest BCUT2D eigenvalue weighted by atomic mass is 19.1. The largest absolute Gasteiger partial charge is 0.352 e. The summed E-state index contributed by atoms with van der Waals surface area (Å²) < 4.78 is 16.3. The zero-order valence-corrected chi connectivity index (χ0v) is 17.3. The first-order valence-corrected chi connectivity index (χ1v) is 10.2. The summed E-state index contributed by atoms with van der Waals surface area (Å²) in [6, 6.07) is 18.0. The van der Waals surface area contributed by atoms with E-state index >= 15 is 0 Å². The smallest absolute Gasteiger partial charge is 0.254 e. The molecule has 32 heavy (non-hydrogen) atoms. The molecule has 8 heteroatoms. The van der Waals surface area contributed by atoms with Gasteiger partial charge in [0.15, 0.2) is 5.65 Å². The molecule has 0 saturated carbocycles. The lowest BCUT2D eigenvalue weighted by atomic mass is 10.1. The van der Waals surface area contributed by atoms with Crippen LogP contribution < -0.4 is 5.32 Å². The van der Waals surface area contributed by atoms with Gasteiger partial charge >= 0.3 is 0 Å². The number of halogens is 1. The Labute approximate surface area is 182 Å². The van der Waals surface area contributed by atoms with Gasteiger partial charge in [-0.25, -0.2) is 14.1 Å². The van der Waals surface area contributed by atoms with Gasteiger partial charge in [-0.2, -0.15) is 0 Å². The zero-order valence-electron chi connectivity index (χ0n) is 17.3. The van der Waals surface area contributed by atoms with Crippen molar-refractivity contribution in [2.75, 3.05) is 6.54 Å². The molecule has 0 fully saturated rings. The summed E-state index contributed by atoms with van der Waals surface area (Å²) in [6.07, 6.45) is 1.77. The first kappa shape index (κ1) is 19.7. The van der Waals surface area contributed by atoms with E-state index in [9.17, 15) is 9.18 Å². The first-order chi connectivity index (χ1) is 15.6. The van der Waals surface area contributed by atoms with Crippen molar-refractivity contribution in [1.29, 1.82) is 0 Å². The molecule has 0 radical (unpaired) electrons. The topological polar surface area (TPSA) is 85.6 Å². The molecule has 5 rings (SSSR count). The quantitative estimate of drug-likeness (QED) is 0.460. The van der Waals surface area contributed by atoms with Gasteiger partial charge in [0.1, 0.15) is 11.3 Å². The van der Waals surface area contributed by atoms with Gasteiger partial charge in [-0.05, 0) is 55.0 Å². The first-order valence-electron chi connectivity index (χ1n) is 10.2. The molecule has 158 valence electrons. The maximum atomic E-state index is 14.5. The molecule has 0 spiro atoms. The van der Waals surface area contributed by atoms with Crippen LogP contribution in [0.5, 0.6) is 0 Å². The summed E-state index contributed by atoms with van der Waals surface area (Å²) >= 11 is 0. The predicted octanol–water partition coefficient (Wildman–Crippen LogP) is 3.98. The van der Waals surface area contributed by atoms with E-state index in [1.165, 1.54) is 12.1 Å². The zero-order chi connectivity index (χ0) is 22.1. The van der Waals surface area contributed by atoms with Crippen LogP contribution in [-0.4, -0.2) is 37.4 Å². The highest BCUT2D eigenvalue weighted by molar-refractivity contribution is 5.95. The molecule has 3 heterocycles. The summed E-state index contributed by atoms with van der Waals surface area (Å²) in [5.74, 6) is -1.03. The highest BCUT2D eigenvalue weighted by Gasteiger charge is 2.14. The van der Waals surface area contributed by atoms with Gasteiger partial charge in [-0.15, -0.1) is 5.10 Å². The van der Waals surface area contributed by atoms with Crippen LogP contribution in [0.25, 0.3) is 33.3 Å². The van der Waals surface area contributed by atoms with E-state index in [2.05, 4.69) is 31.7 Å². The summed E-state index contributed by atoms with van der Waals surface area (Å²) in [4.78, 5) is 21.0. The molecule has 0 aliphatic rings. The van der Waals surface area contributed by atoms with Crippen molar-refractivity contribution in [2.45, 2.75) is 13.5 Å². The van der Waals surface area contributed by atoms with Gasteiger partial charge < -0.3 is 5.32 Å². The van der Waals surface area contributed by atoms with Crippen molar-refractivity contribution in [3.05, 3.63) is 83.8 Å². The molecule has 0 atom stereocenters. The molecule has 0 unspecified atom stereocenters. The number of carbonyl (C=O) groups excluding carboxylic acids is 1. The number of benzene rings is 2. The van der Waals surface area contributed by atoms with Crippen LogP contribution >= 0.6 is 0 Å². The van der Waals surface area contributed by atoms with Crippen LogP contribution in [0.1, 0.15) is 22.8 Å². The molecule has 3 aromatic heterocycles. The van der Waals surface area contributed by atoms with E-state index in [-0.39, 0.29) is 5.56 Å². The van der Waals surface area contributed by atoms with Gasteiger partial charge in [0.05, 0.1) is 23.3 Å². The van der Waals surface area contributed by atoms with Crippen LogP contribution in [0.3, 0.4) is 0 Å². The van der Waals surface area contributed by atoms with Crippen LogP contribution in [0.15, 0.2) is 66.9 Å². The number of carbonyl (C=O) groups is 1. The number of amides is 1. The lowest BCUT2D eigenvalue weighted by Crippen LogP contribution is -2.23. The second kappa shape index (κ2) is 8.14. The van der Waals surface area contributed by atoms with Crippen molar-refractivity contribution in [3.63, 3.8) is 0 Å². The number of aromatic nitrogens is 5. The molecule has 7 nitrogen and oxygen atoms in total. The Balaban J connectivity index is 1.48. The number of rotatable bonds is 5. The standard InChI is InChI=1S/C24H19FN6O/c1-2-26-24(32)18-7-6-17(13-19(18)25)21-9-10-22-23(28-21)31(30-29-22)14-15-5-8-20-16(12-15)4-3-11-27-20/h3-13H,2,14H2,1H3,(H,26,32). The minimum absolute atomic E-state index is 0.00850. The second-order valence-electron chi connectivity index (χ2n) is 7.37. The average molecular weight is 426 g/mol. The minimum atomic E-state index is -0.591. The lowest BCUT2D eigenvalue weighted by Gasteiger charge is -2.07. The Morgan fingerprint density at radius 1 is 1.06 bits per heavy atom. The fourth-order valence-corrected chi connectivity index (χ4v) is 3.63. The Morgan fingerprint density at radius 2 is 1.94 bits per heavy atom. The molecular weight excluding hydrogens is 407 g/mol. The van der Waals surface area contributed by atoms with E-state index in [0.29, 0.717) is 35.5 Å². The molecule has 0 bridgehead atoms. The monoisotopic (exact) mass is 426 g/mol. The number of hydrogen-bond acceptors (Lipinski definition) is 5. The predicted molar refractivity (Wildman–Crippen MR) is 120 cm³/mol. The van der Waals surface area contributed by atoms with Crippen LogP contribution in [0.2, 0.25) is 0 Å². The number of nitrogens with one attached hydrogen (secondary N) is 1. The minimum Gasteiger partial charge on any atom is -0.352 e. The molecule has 1 amide bonds. The van der Waals surface area contributed by atoms with Gasteiger partial charge in [0.25, 0.3) is 5.91 Å². The molecule has 0 aliphatic carbocycles. The maximum absolute atomic E-state index is 14.5. The van der Waals surface area contributed by atoms with Gasteiger partial charge in [-0.3, -0.25) is 9.78 Å². The third kappa shape index (κ3) is 3.66. The fourth-order valence-electron chi connectivity index (χ4n) is 3.63. The van der Waals surface area contributed by atoms with Crippen molar-refractivity contribution in [1.82, 2.24) is 30.3 Å². The maximum Gasteiger partial charge on any atom is 0.254 e. The fraction of sp³-hybridized carbons (Fsp3) is 0.125. The van der Waals surface area contributed by atoms with Crippen molar-refractivity contribution in [2.24, 2.45) is 0 Å². The second-order valence-corrected chi connectivity index (χ2v) is 7.37. The Bertz CT molecular complexity index is 1460. The van der Waals surface area contributed by atoms with Crippen LogP contribution in [-0.2, 0) is 6.54 Å². The third-order valence-electron chi connectivity index (χ3n) is 5.21. The van der Waals surface area contributed by atoms with E-state index in [1.807, 2.05) is 24.3 Å². The molecule has 0 aliphatic heterocycles. The summed E-state index contributed by atoms with van der Waals surface area (Å²) in [5.41, 5.74) is 4.37. The summed E-state index contributed by atoms with van der Waals surface area (Å²) in [6.45, 7) is 2.71. The molecular formula is C24H19FN6O. The molecule has 0 saturated heterocycles. The van der Waals surface area contributed by atoms with Crippen molar-refractivity contribution >= 4 is 28.0 Å². The normalized spacial score (nSPS) is 11.2. The van der Waals surface area contributed by atoms with Crippen molar-refractivity contribution < 1.29 is 9.18 Å². The highest BCUT2D eigenvalue weighted by Crippen LogP contribution is 2.23. The van der Waals surface area contributed by atoms with Gasteiger partial charge in [0, 0.05) is 23.7 Å². The van der Waals surface area contributed by atoms with E-state index in [1.54, 1.807) is 36.0 Å². The number of nitrogens with zero attached hydrogens (tertiary/aromatic N) is 5. The Hall–Kier alpha value is -4.20. The lowest BCUT2D eigenvalue weighted by molar-refractivity contribution is 0.0952. The molecule has 1 N–H and O–H groups in total. The summed E-state index contributed by atoms with van der Waals surface area (Å²) in [7, 11) is 0. The van der Waals surface area contributed by atoms with Gasteiger partial charge in [-0.1, -0.05) is 23.4 Å². The average Bonchev–Trinajstić information content (AvgIpc) is 3.21. The number of hydrogen-bond donors (Lipinski definition) is 1. The SMILES string of the molecule is CCNC(=O)c1ccc(-c2ccc3nnn(Cc4ccc5ncccc5c4)c3n2)cc1F. The number of fused-ring (bicyclic) bond motifs is 2. The van der Waals surface area contributed by atoms with Crippen LogP contribution in [0.4, 0.5) is 4.39 Å². The van der Waals surface area contributed by atoms with Gasteiger partial charge in [0.2, 0.25) is 0 Å². The molecule has 5 aromatic rings. The summed E-state index contributed by atoms with van der Waals surface area (Å²) in [5, 5.41) is 12.1.